The van der Waals surface area contributed by atoms with Crippen LogP contribution in [0, 0.1) is 6.92 Å². The molecule has 0 aliphatic carbocycles. The van der Waals surface area contributed by atoms with E-state index in [0.29, 0.717) is 5.56 Å². The fourth-order valence-corrected chi connectivity index (χ4v) is 2.11. The van der Waals surface area contributed by atoms with Gasteiger partial charge in [0.2, 0.25) is 0 Å². The number of nitrogens with zero attached hydrogens (tertiary/aromatic N) is 1. The molecule has 0 amide bonds. The minimum absolute atomic E-state index is 0.0893. The third kappa shape index (κ3) is 2.38. The summed E-state index contributed by atoms with van der Waals surface area (Å²) in [6.07, 6.45) is 3.44. The van der Waals surface area contributed by atoms with E-state index in [4.69, 9.17) is 0 Å². The average Bonchev–Trinajstić information content (AvgIpc) is 2.50. The van der Waals surface area contributed by atoms with Crippen LogP contribution < -0.4 is 5.56 Å². The number of aromatic amines is 1. The lowest BCUT2D eigenvalue weighted by molar-refractivity contribution is 1.22. The second-order valence-electron chi connectivity index (χ2n) is 4.71. The molecule has 3 aromatic rings. The monoisotopic (exact) mass is 262 g/mol. The first kappa shape index (κ1) is 12.4. The zero-order valence-electron chi connectivity index (χ0n) is 11.1. The van der Waals surface area contributed by atoms with Crippen molar-refractivity contribution in [3.8, 4) is 22.4 Å². The van der Waals surface area contributed by atoms with Crippen molar-refractivity contribution in [1.82, 2.24) is 9.97 Å². The summed E-state index contributed by atoms with van der Waals surface area (Å²) in [6.45, 7) is 2.03. The first-order chi connectivity index (χ1) is 9.74. The van der Waals surface area contributed by atoms with Crippen molar-refractivity contribution in [2.24, 2.45) is 0 Å². The molecule has 0 unspecified atom stereocenters. The smallest absolute Gasteiger partial charge is 0.255 e. The van der Waals surface area contributed by atoms with Gasteiger partial charge in [0.1, 0.15) is 0 Å². The molecule has 1 N–H and O–H groups in total. The molecule has 0 radical (unpaired) electrons. The zero-order chi connectivity index (χ0) is 13.9. The largest absolute Gasteiger partial charge is 0.328 e. The maximum absolute atomic E-state index is 12.0. The van der Waals surface area contributed by atoms with Crippen LogP contribution in [0.4, 0.5) is 0 Å². The van der Waals surface area contributed by atoms with Crippen LogP contribution in [0.15, 0.2) is 65.7 Å². The number of nitrogens with one attached hydrogen (secondary N) is 1. The van der Waals surface area contributed by atoms with Crippen LogP contribution in [0.5, 0.6) is 0 Å². The van der Waals surface area contributed by atoms with Crippen molar-refractivity contribution in [2.75, 3.05) is 0 Å². The molecule has 3 rings (SSSR count). The van der Waals surface area contributed by atoms with E-state index < -0.39 is 0 Å². The predicted molar refractivity (Wildman–Crippen MR) is 80.5 cm³/mol. The molecule has 0 aliphatic heterocycles. The highest BCUT2D eigenvalue weighted by Crippen LogP contribution is 2.21. The van der Waals surface area contributed by atoms with Gasteiger partial charge in [0.15, 0.2) is 0 Å². The molecule has 0 saturated carbocycles. The highest BCUT2D eigenvalue weighted by molar-refractivity contribution is 5.69. The number of H-pyrrole nitrogens is 1. The summed E-state index contributed by atoms with van der Waals surface area (Å²) in [7, 11) is 0. The summed E-state index contributed by atoms with van der Waals surface area (Å²) in [5.74, 6) is 0. The fraction of sp³-hybridized carbons (Fsp3) is 0.0588. The van der Waals surface area contributed by atoms with Crippen LogP contribution in [-0.4, -0.2) is 9.97 Å². The molecule has 2 heterocycles. The maximum Gasteiger partial charge on any atom is 0.255 e. The van der Waals surface area contributed by atoms with E-state index in [-0.39, 0.29) is 5.56 Å². The van der Waals surface area contributed by atoms with E-state index in [1.165, 1.54) is 5.56 Å². The molecular formula is C17H14N2O. The van der Waals surface area contributed by atoms with Gasteiger partial charge in [0, 0.05) is 23.5 Å². The molecule has 2 aromatic heterocycles. The molecule has 0 saturated heterocycles. The summed E-state index contributed by atoms with van der Waals surface area (Å²) >= 11 is 0. The van der Waals surface area contributed by atoms with Crippen LogP contribution in [0.3, 0.4) is 0 Å². The van der Waals surface area contributed by atoms with Gasteiger partial charge in [-0.2, -0.15) is 0 Å². The normalized spacial score (nSPS) is 10.4. The van der Waals surface area contributed by atoms with E-state index in [1.807, 2.05) is 55.5 Å². The van der Waals surface area contributed by atoms with Crippen molar-refractivity contribution in [3.05, 3.63) is 76.8 Å². The minimum atomic E-state index is -0.0893. The number of pyridine rings is 2. The first-order valence-corrected chi connectivity index (χ1v) is 6.45. The van der Waals surface area contributed by atoms with Crippen LogP contribution in [0.1, 0.15) is 5.56 Å². The molecule has 3 nitrogen and oxygen atoms in total. The molecule has 0 aliphatic rings. The first-order valence-electron chi connectivity index (χ1n) is 6.45. The van der Waals surface area contributed by atoms with Gasteiger partial charge >= 0.3 is 0 Å². The zero-order valence-corrected chi connectivity index (χ0v) is 11.1. The molecule has 0 fully saturated rings. The molecular weight excluding hydrogens is 248 g/mol. The fourth-order valence-electron chi connectivity index (χ4n) is 2.11. The van der Waals surface area contributed by atoms with E-state index in [2.05, 4.69) is 9.97 Å². The molecule has 3 heteroatoms. The Bertz CT molecular complexity index is 774. The Labute approximate surface area is 117 Å². The quantitative estimate of drug-likeness (QED) is 0.769. The topological polar surface area (TPSA) is 45.8 Å². The SMILES string of the molecule is Cc1ccc(-c2cc(-c3ccccn3)c[nH]c2=O)cc1. The van der Waals surface area contributed by atoms with E-state index in [1.54, 1.807) is 12.4 Å². The van der Waals surface area contributed by atoms with E-state index in [0.717, 1.165) is 16.8 Å². The van der Waals surface area contributed by atoms with Gasteiger partial charge in [0.25, 0.3) is 5.56 Å². The van der Waals surface area contributed by atoms with Gasteiger partial charge in [0.05, 0.1) is 5.69 Å². The summed E-state index contributed by atoms with van der Waals surface area (Å²) in [5.41, 5.74) is 4.40. The lowest BCUT2D eigenvalue weighted by Crippen LogP contribution is -2.08. The number of hydrogen-bond acceptors (Lipinski definition) is 2. The Morgan fingerprint density at radius 2 is 1.80 bits per heavy atom. The molecule has 98 valence electrons. The van der Waals surface area contributed by atoms with Crippen molar-refractivity contribution < 1.29 is 0 Å². The molecule has 0 spiro atoms. The number of benzene rings is 1. The van der Waals surface area contributed by atoms with E-state index >= 15 is 0 Å². The number of aryl methyl sites for hydroxylation is 1. The lowest BCUT2D eigenvalue weighted by Gasteiger charge is -2.05. The van der Waals surface area contributed by atoms with Crippen LogP contribution in [0.2, 0.25) is 0 Å². The summed E-state index contributed by atoms with van der Waals surface area (Å²) < 4.78 is 0. The van der Waals surface area contributed by atoms with Gasteiger partial charge in [-0.05, 0) is 30.7 Å². The van der Waals surface area contributed by atoms with Gasteiger partial charge in [-0.1, -0.05) is 35.9 Å². The maximum atomic E-state index is 12.0. The van der Waals surface area contributed by atoms with Gasteiger partial charge in [-0.3, -0.25) is 9.78 Å². The van der Waals surface area contributed by atoms with Crippen LogP contribution in [-0.2, 0) is 0 Å². The highest BCUT2D eigenvalue weighted by Gasteiger charge is 2.06. The second kappa shape index (κ2) is 5.13. The standard InChI is InChI=1S/C17H14N2O/c1-12-5-7-13(8-6-12)15-10-14(11-19-17(15)20)16-4-2-3-9-18-16/h2-11H,1H3,(H,19,20). The lowest BCUT2D eigenvalue weighted by atomic mass is 10.0. The Morgan fingerprint density at radius 1 is 1.00 bits per heavy atom. The Morgan fingerprint density at radius 3 is 2.50 bits per heavy atom. The average molecular weight is 262 g/mol. The van der Waals surface area contributed by atoms with Crippen LogP contribution >= 0.6 is 0 Å². The second-order valence-corrected chi connectivity index (χ2v) is 4.71. The van der Waals surface area contributed by atoms with Crippen molar-refractivity contribution in [2.45, 2.75) is 6.92 Å². The molecule has 0 atom stereocenters. The summed E-state index contributed by atoms with van der Waals surface area (Å²) in [6, 6.07) is 15.5. The van der Waals surface area contributed by atoms with Crippen LogP contribution in [0.25, 0.3) is 22.4 Å². The Balaban J connectivity index is 2.12. The van der Waals surface area contributed by atoms with Crippen molar-refractivity contribution in [3.63, 3.8) is 0 Å². The number of hydrogen-bond donors (Lipinski definition) is 1. The van der Waals surface area contributed by atoms with Gasteiger partial charge in [-0.15, -0.1) is 0 Å². The molecule has 20 heavy (non-hydrogen) atoms. The molecule has 1 aromatic carbocycles. The number of aromatic nitrogens is 2. The summed E-state index contributed by atoms with van der Waals surface area (Å²) in [4.78, 5) is 19.1. The third-order valence-corrected chi connectivity index (χ3v) is 3.23. The third-order valence-electron chi connectivity index (χ3n) is 3.23. The summed E-state index contributed by atoms with van der Waals surface area (Å²) in [5, 5.41) is 0. The van der Waals surface area contributed by atoms with E-state index in [9.17, 15) is 4.79 Å². The Hall–Kier alpha value is -2.68. The minimum Gasteiger partial charge on any atom is -0.328 e. The van der Waals surface area contributed by atoms with Crippen molar-refractivity contribution >= 4 is 0 Å². The number of rotatable bonds is 2. The van der Waals surface area contributed by atoms with Crippen molar-refractivity contribution in [1.29, 1.82) is 0 Å². The Kier molecular flexibility index (Phi) is 3.17. The predicted octanol–water partition coefficient (Wildman–Crippen LogP) is 3.41. The van der Waals surface area contributed by atoms with Gasteiger partial charge < -0.3 is 4.98 Å². The molecule has 0 bridgehead atoms. The highest BCUT2D eigenvalue weighted by atomic mass is 16.1. The van der Waals surface area contributed by atoms with Gasteiger partial charge in [-0.25, -0.2) is 0 Å².